The maximum absolute atomic E-state index is 12.8. The van der Waals surface area contributed by atoms with Crippen molar-refractivity contribution in [3.8, 4) is 0 Å². The highest BCUT2D eigenvalue weighted by molar-refractivity contribution is 7.80. The highest BCUT2D eigenvalue weighted by atomic mass is 32.1. The molecule has 0 aromatic heterocycles. The van der Waals surface area contributed by atoms with E-state index >= 15 is 0 Å². The summed E-state index contributed by atoms with van der Waals surface area (Å²) in [6.45, 7) is 0. The minimum Gasteiger partial charge on any atom is -0.465 e. The molecule has 0 saturated carbocycles. The van der Waals surface area contributed by atoms with Crippen LogP contribution in [0.25, 0.3) is 0 Å². The molecule has 7 heteroatoms. The van der Waals surface area contributed by atoms with Gasteiger partial charge in [-0.05, 0) is 54.2 Å². The first kappa shape index (κ1) is 16.6. The van der Waals surface area contributed by atoms with Crippen LogP contribution in [0.15, 0.2) is 53.6 Å². The number of hydrazone groups is 1. The fraction of sp³-hybridized carbons (Fsp3) is 0.0625. The van der Waals surface area contributed by atoms with Crippen LogP contribution in [0.5, 0.6) is 0 Å². The fourth-order valence-electron chi connectivity index (χ4n) is 1.68. The number of benzene rings is 2. The molecule has 0 amide bonds. The van der Waals surface area contributed by atoms with Crippen molar-refractivity contribution in [3.05, 3.63) is 65.5 Å². The number of hydrogen-bond acceptors (Lipinski definition) is 4. The molecule has 0 bridgehead atoms. The van der Waals surface area contributed by atoms with E-state index in [1.807, 2.05) is 0 Å². The third kappa shape index (κ3) is 5.15. The van der Waals surface area contributed by atoms with E-state index in [4.69, 9.17) is 12.2 Å². The fourth-order valence-corrected chi connectivity index (χ4v) is 1.85. The predicted octanol–water partition coefficient (Wildman–Crippen LogP) is 2.93. The number of thiocarbonyl (C=S) groups is 1. The van der Waals surface area contributed by atoms with Crippen molar-refractivity contribution in [3.63, 3.8) is 0 Å². The van der Waals surface area contributed by atoms with Crippen LogP contribution in [0.4, 0.5) is 10.1 Å². The first-order valence-corrected chi connectivity index (χ1v) is 7.03. The number of ether oxygens (including phenoxy) is 1. The van der Waals surface area contributed by atoms with Gasteiger partial charge in [0.05, 0.1) is 18.9 Å². The van der Waals surface area contributed by atoms with E-state index in [0.29, 0.717) is 11.3 Å². The summed E-state index contributed by atoms with van der Waals surface area (Å²) in [7, 11) is 1.33. The van der Waals surface area contributed by atoms with E-state index in [1.54, 1.807) is 42.6 Å². The first-order chi connectivity index (χ1) is 11.1. The molecule has 2 aromatic rings. The van der Waals surface area contributed by atoms with Crippen LogP contribution < -0.4 is 10.7 Å². The van der Waals surface area contributed by atoms with E-state index < -0.39 is 5.97 Å². The van der Waals surface area contributed by atoms with Crippen molar-refractivity contribution in [1.29, 1.82) is 0 Å². The summed E-state index contributed by atoms with van der Waals surface area (Å²) in [6.07, 6.45) is 1.56. The summed E-state index contributed by atoms with van der Waals surface area (Å²) in [5.41, 5.74) is 4.55. The van der Waals surface area contributed by atoms with Crippen molar-refractivity contribution < 1.29 is 13.9 Å². The lowest BCUT2D eigenvalue weighted by Crippen LogP contribution is -2.23. The third-order valence-electron chi connectivity index (χ3n) is 2.81. The first-order valence-electron chi connectivity index (χ1n) is 6.62. The maximum Gasteiger partial charge on any atom is 0.337 e. The molecule has 0 aliphatic rings. The zero-order valence-electron chi connectivity index (χ0n) is 12.2. The molecule has 0 saturated heterocycles. The quantitative estimate of drug-likeness (QED) is 0.390. The number of esters is 1. The van der Waals surface area contributed by atoms with Crippen molar-refractivity contribution in [1.82, 2.24) is 5.43 Å². The summed E-state index contributed by atoms with van der Waals surface area (Å²) < 4.78 is 17.4. The molecule has 2 N–H and O–H groups in total. The largest absolute Gasteiger partial charge is 0.465 e. The van der Waals surface area contributed by atoms with Gasteiger partial charge in [-0.3, -0.25) is 5.43 Å². The summed E-state index contributed by atoms with van der Waals surface area (Å²) in [5, 5.41) is 7.12. The number of rotatable bonds is 4. The number of nitrogens with zero attached hydrogens (tertiary/aromatic N) is 1. The normalized spacial score (nSPS) is 10.3. The average molecular weight is 331 g/mol. The standard InChI is InChI=1S/C16H14FN3O2S/c1-22-15(21)12-4-2-11(3-5-12)10-18-20-16(23)19-14-8-6-13(17)7-9-14/h2-10H,1H3,(H2,19,20,23)/b18-10-. The summed E-state index contributed by atoms with van der Waals surface area (Å²) in [4.78, 5) is 11.3. The van der Waals surface area contributed by atoms with Crippen LogP contribution in [0, 0.1) is 5.82 Å². The van der Waals surface area contributed by atoms with Gasteiger partial charge in [-0.1, -0.05) is 12.1 Å². The average Bonchev–Trinajstić information content (AvgIpc) is 2.57. The zero-order valence-corrected chi connectivity index (χ0v) is 13.1. The van der Waals surface area contributed by atoms with Crippen LogP contribution in [0.1, 0.15) is 15.9 Å². The highest BCUT2D eigenvalue weighted by Gasteiger charge is 2.03. The van der Waals surface area contributed by atoms with E-state index in [2.05, 4.69) is 20.6 Å². The number of halogens is 1. The van der Waals surface area contributed by atoms with Crippen molar-refractivity contribution >= 4 is 35.2 Å². The smallest absolute Gasteiger partial charge is 0.337 e. The Balaban J connectivity index is 1.87. The van der Waals surface area contributed by atoms with Gasteiger partial charge in [0, 0.05) is 5.69 Å². The molecule has 0 aliphatic carbocycles. The van der Waals surface area contributed by atoms with Gasteiger partial charge in [0.1, 0.15) is 5.82 Å². The molecule has 2 rings (SSSR count). The zero-order chi connectivity index (χ0) is 16.7. The van der Waals surface area contributed by atoms with E-state index in [1.165, 1.54) is 19.2 Å². The SMILES string of the molecule is COC(=O)c1ccc(/C=N\NC(=S)Nc2ccc(F)cc2)cc1. The Morgan fingerprint density at radius 1 is 1.17 bits per heavy atom. The molecule has 0 aliphatic heterocycles. The Hall–Kier alpha value is -2.80. The molecule has 0 heterocycles. The molecule has 0 atom stereocenters. The van der Waals surface area contributed by atoms with Gasteiger partial charge in [-0.15, -0.1) is 0 Å². The Labute approximate surface area is 138 Å². The Morgan fingerprint density at radius 2 is 1.83 bits per heavy atom. The number of hydrogen-bond donors (Lipinski definition) is 2. The Bertz CT molecular complexity index is 715. The van der Waals surface area contributed by atoms with Crippen LogP contribution in [-0.4, -0.2) is 24.4 Å². The second kappa shape index (κ2) is 8.00. The second-order valence-electron chi connectivity index (χ2n) is 4.44. The molecule has 0 radical (unpaired) electrons. The van der Waals surface area contributed by atoms with Gasteiger partial charge in [0.25, 0.3) is 0 Å². The monoisotopic (exact) mass is 331 g/mol. The topological polar surface area (TPSA) is 62.7 Å². The van der Waals surface area contributed by atoms with Crippen molar-refractivity contribution in [2.24, 2.45) is 5.10 Å². The number of carbonyl (C=O) groups excluding carboxylic acids is 1. The van der Waals surface area contributed by atoms with E-state index in [9.17, 15) is 9.18 Å². The Kier molecular flexibility index (Phi) is 5.76. The number of carbonyl (C=O) groups is 1. The van der Waals surface area contributed by atoms with Crippen LogP contribution in [0.3, 0.4) is 0 Å². The molecule has 0 unspecified atom stereocenters. The minimum atomic E-state index is -0.392. The number of nitrogens with one attached hydrogen (secondary N) is 2. The minimum absolute atomic E-state index is 0.277. The highest BCUT2D eigenvalue weighted by Crippen LogP contribution is 2.08. The molecule has 118 valence electrons. The second-order valence-corrected chi connectivity index (χ2v) is 4.85. The van der Waals surface area contributed by atoms with Crippen LogP contribution in [0.2, 0.25) is 0 Å². The predicted molar refractivity (Wildman–Crippen MR) is 91.1 cm³/mol. The maximum atomic E-state index is 12.8. The Morgan fingerprint density at radius 3 is 2.43 bits per heavy atom. The number of methoxy groups -OCH3 is 1. The van der Waals surface area contributed by atoms with Crippen molar-refractivity contribution in [2.45, 2.75) is 0 Å². The molecule has 5 nitrogen and oxygen atoms in total. The van der Waals surface area contributed by atoms with Gasteiger partial charge >= 0.3 is 5.97 Å². The van der Waals surface area contributed by atoms with Gasteiger partial charge in [-0.2, -0.15) is 5.10 Å². The molecule has 2 aromatic carbocycles. The van der Waals surface area contributed by atoms with Gasteiger partial charge in [0.2, 0.25) is 0 Å². The van der Waals surface area contributed by atoms with Gasteiger partial charge < -0.3 is 10.1 Å². The summed E-state index contributed by atoms with van der Waals surface area (Å²) in [6, 6.07) is 12.5. The molecule has 0 spiro atoms. The van der Waals surface area contributed by atoms with E-state index in [0.717, 1.165) is 5.56 Å². The third-order valence-corrected chi connectivity index (χ3v) is 3.01. The lowest BCUT2D eigenvalue weighted by Gasteiger charge is -2.06. The van der Waals surface area contributed by atoms with Crippen molar-refractivity contribution in [2.75, 3.05) is 12.4 Å². The summed E-state index contributed by atoms with van der Waals surface area (Å²) in [5.74, 6) is -0.709. The van der Waals surface area contributed by atoms with E-state index in [-0.39, 0.29) is 10.9 Å². The van der Waals surface area contributed by atoms with Gasteiger partial charge in [0.15, 0.2) is 5.11 Å². The lowest BCUT2D eigenvalue weighted by molar-refractivity contribution is 0.0600. The van der Waals surface area contributed by atoms with Crippen LogP contribution >= 0.6 is 12.2 Å². The van der Waals surface area contributed by atoms with Crippen LogP contribution in [-0.2, 0) is 4.74 Å². The molecule has 0 fully saturated rings. The molecular formula is C16H14FN3O2S. The lowest BCUT2D eigenvalue weighted by atomic mass is 10.1. The molecular weight excluding hydrogens is 317 g/mol. The van der Waals surface area contributed by atoms with Gasteiger partial charge in [-0.25, -0.2) is 9.18 Å². The summed E-state index contributed by atoms with van der Waals surface area (Å²) >= 11 is 5.06. The number of anilines is 1. The molecule has 23 heavy (non-hydrogen) atoms.